The molecular formula is C23H14BrClN2O3S. The highest BCUT2D eigenvalue weighted by atomic mass is 79.9. The number of amides is 1. The Bertz CT molecular complexity index is 1370. The molecule has 8 heteroatoms. The number of fused-ring (bicyclic) bond motifs is 1. The summed E-state index contributed by atoms with van der Waals surface area (Å²) in [4.78, 5) is 24.7. The van der Waals surface area contributed by atoms with Gasteiger partial charge in [0.25, 0.3) is 5.91 Å². The smallest absolute Gasteiger partial charge is 0.344 e. The Balaban J connectivity index is 1.52. The van der Waals surface area contributed by atoms with Gasteiger partial charge in [-0.1, -0.05) is 51.8 Å². The van der Waals surface area contributed by atoms with Crippen LogP contribution in [0.3, 0.4) is 0 Å². The van der Waals surface area contributed by atoms with Crippen LogP contribution in [-0.4, -0.2) is 11.0 Å². The fraction of sp³-hybridized carbons (Fsp3) is 0. The standard InChI is InChI=1S/C23H14BrClN2O3S/c24-15-7-5-13(6-8-15)21(28)27-23(31)26-16-9-10-17(19(25)12-16)18-11-14-3-1-2-4-20(14)30-22(18)29/h1-12H,(H2,26,27,28,31). The lowest BCUT2D eigenvalue weighted by atomic mass is 10.1. The van der Waals surface area contributed by atoms with Crippen molar-refractivity contribution in [1.29, 1.82) is 0 Å². The maximum absolute atomic E-state index is 12.4. The van der Waals surface area contributed by atoms with Gasteiger partial charge in [-0.15, -0.1) is 0 Å². The second kappa shape index (κ2) is 9.01. The molecule has 0 spiro atoms. The summed E-state index contributed by atoms with van der Waals surface area (Å²) in [6.45, 7) is 0. The van der Waals surface area contributed by atoms with Gasteiger partial charge < -0.3 is 9.73 Å². The molecule has 0 aliphatic heterocycles. The molecule has 0 atom stereocenters. The van der Waals surface area contributed by atoms with Crippen LogP contribution in [0.5, 0.6) is 0 Å². The summed E-state index contributed by atoms with van der Waals surface area (Å²) in [7, 11) is 0. The molecule has 154 valence electrons. The molecule has 4 rings (SSSR count). The number of rotatable bonds is 3. The predicted molar refractivity (Wildman–Crippen MR) is 131 cm³/mol. The van der Waals surface area contributed by atoms with Crippen LogP contribution in [0.1, 0.15) is 10.4 Å². The van der Waals surface area contributed by atoms with Gasteiger partial charge in [0, 0.05) is 26.7 Å². The monoisotopic (exact) mass is 512 g/mol. The Kier molecular flexibility index (Phi) is 6.18. The highest BCUT2D eigenvalue weighted by molar-refractivity contribution is 9.10. The first-order valence-corrected chi connectivity index (χ1v) is 10.7. The van der Waals surface area contributed by atoms with E-state index in [0.717, 1.165) is 9.86 Å². The first-order valence-electron chi connectivity index (χ1n) is 9.11. The van der Waals surface area contributed by atoms with E-state index in [1.165, 1.54) is 0 Å². The van der Waals surface area contributed by atoms with Crippen molar-refractivity contribution in [2.75, 3.05) is 5.32 Å². The summed E-state index contributed by atoms with van der Waals surface area (Å²) in [5.41, 5.74) is 1.98. The van der Waals surface area contributed by atoms with Crippen molar-refractivity contribution in [1.82, 2.24) is 5.32 Å². The van der Waals surface area contributed by atoms with Crippen molar-refractivity contribution in [3.63, 3.8) is 0 Å². The lowest BCUT2D eigenvalue weighted by Crippen LogP contribution is -2.34. The van der Waals surface area contributed by atoms with E-state index in [1.54, 1.807) is 60.7 Å². The van der Waals surface area contributed by atoms with Crippen LogP contribution in [-0.2, 0) is 0 Å². The molecule has 1 heterocycles. The van der Waals surface area contributed by atoms with Crippen molar-refractivity contribution in [3.8, 4) is 11.1 Å². The minimum Gasteiger partial charge on any atom is -0.422 e. The van der Waals surface area contributed by atoms with Crippen LogP contribution in [0.2, 0.25) is 5.02 Å². The average Bonchev–Trinajstić information content (AvgIpc) is 2.74. The van der Waals surface area contributed by atoms with Crippen LogP contribution in [0.4, 0.5) is 5.69 Å². The van der Waals surface area contributed by atoms with E-state index in [2.05, 4.69) is 26.6 Å². The number of hydrogen-bond acceptors (Lipinski definition) is 4. The van der Waals surface area contributed by atoms with Gasteiger partial charge in [-0.05, 0) is 60.7 Å². The van der Waals surface area contributed by atoms with Crippen LogP contribution in [0, 0.1) is 0 Å². The Hall–Kier alpha value is -3.00. The van der Waals surface area contributed by atoms with E-state index in [0.29, 0.717) is 33.0 Å². The quantitative estimate of drug-likeness (QED) is 0.260. The molecule has 0 aliphatic rings. The lowest BCUT2D eigenvalue weighted by Gasteiger charge is -2.11. The van der Waals surface area contributed by atoms with Crippen LogP contribution in [0.25, 0.3) is 22.1 Å². The fourth-order valence-corrected chi connectivity index (χ4v) is 3.76. The SMILES string of the molecule is O=C(NC(=S)Nc1ccc(-c2cc3ccccc3oc2=O)c(Cl)c1)c1ccc(Br)cc1. The molecule has 3 aromatic carbocycles. The van der Waals surface area contributed by atoms with Crippen molar-refractivity contribution < 1.29 is 9.21 Å². The molecule has 5 nitrogen and oxygen atoms in total. The van der Waals surface area contributed by atoms with E-state index >= 15 is 0 Å². The topological polar surface area (TPSA) is 71.3 Å². The number of benzene rings is 3. The fourth-order valence-electron chi connectivity index (χ4n) is 3.00. The number of hydrogen-bond donors (Lipinski definition) is 2. The van der Waals surface area contributed by atoms with Crippen LogP contribution in [0.15, 0.2) is 86.5 Å². The summed E-state index contributed by atoms with van der Waals surface area (Å²) < 4.78 is 6.26. The molecule has 2 N–H and O–H groups in total. The zero-order valence-electron chi connectivity index (χ0n) is 15.8. The third-order valence-electron chi connectivity index (χ3n) is 4.49. The van der Waals surface area contributed by atoms with Gasteiger partial charge >= 0.3 is 5.63 Å². The third kappa shape index (κ3) is 4.85. The molecular weight excluding hydrogens is 500 g/mol. The molecule has 1 amide bonds. The predicted octanol–water partition coefficient (Wildman–Crippen LogP) is 6.00. The summed E-state index contributed by atoms with van der Waals surface area (Å²) in [5, 5.41) is 6.81. The molecule has 31 heavy (non-hydrogen) atoms. The number of carbonyl (C=O) groups excluding carboxylic acids is 1. The molecule has 4 aromatic rings. The molecule has 1 aromatic heterocycles. The summed E-state index contributed by atoms with van der Waals surface area (Å²) in [6.07, 6.45) is 0. The summed E-state index contributed by atoms with van der Waals surface area (Å²) in [6, 6.07) is 21.0. The van der Waals surface area contributed by atoms with Crippen LogP contribution < -0.4 is 16.3 Å². The van der Waals surface area contributed by atoms with Gasteiger partial charge in [-0.3, -0.25) is 10.1 Å². The van der Waals surface area contributed by atoms with Gasteiger partial charge in [0.1, 0.15) is 5.58 Å². The van der Waals surface area contributed by atoms with E-state index in [-0.39, 0.29) is 11.0 Å². The number of halogens is 2. The Morgan fingerprint density at radius 2 is 1.71 bits per heavy atom. The maximum atomic E-state index is 12.4. The second-order valence-electron chi connectivity index (χ2n) is 6.60. The number of nitrogens with one attached hydrogen (secondary N) is 2. The van der Waals surface area contributed by atoms with Gasteiger partial charge in [0.05, 0.1) is 10.6 Å². The van der Waals surface area contributed by atoms with Gasteiger partial charge in [-0.25, -0.2) is 4.79 Å². The Labute approximate surface area is 196 Å². The van der Waals surface area contributed by atoms with Crippen molar-refractivity contribution in [2.24, 2.45) is 0 Å². The minimum absolute atomic E-state index is 0.127. The highest BCUT2D eigenvalue weighted by Crippen LogP contribution is 2.30. The lowest BCUT2D eigenvalue weighted by molar-refractivity contribution is 0.0977. The van der Waals surface area contributed by atoms with Gasteiger partial charge in [-0.2, -0.15) is 0 Å². The molecule has 0 bridgehead atoms. The first kappa shape index (κ1) is 21.2. The number of para-hydroxylation sites is 1. The molecule has 0 saturated heterocycles. The van der Waals surface area contributed by atoms with Gasteiger partial charge in [0.2, 0.25) is 0 Å². The first-order chi connectivity index (χ1) is 14.9. The molecule has 0 aliphatic carbocycles. The normalized spacial score (nSPS) is 10.6. The zero-order valence-corrected chi connectivity index (χ0v) is 19.0. The van der Waals surface area contributed by atoms with Crippen molar-refractivity contribution in [3.05, 3.63) is 98.3 Å². The van der Waals surface area contributed by atoms with E-state index in [1.807, 2.05) is 12.1 Å². The molecule has 0 fully saturated rings. The van der Waals surface area contributed by atoms with Crippen molar-refractivity contribution >= 4 is 67.4 Å². The Morgan fingerprint density at radius 1 is 0.968 bits per heavy atom. The average molecular weight is 514 g/mol. The molecule has 0 radical (unpaired) electrons. The van der Waals surface area contributed by atoms with E-state index < -0.39 is 5.63 Å². The number of anilines is 1. The minimum atomic E-state index is -0.474. The third-order valence-corrected chi connectivity index (χ3v) is 5.54. The number of thiocarbonyl (C=S) groups is 1. The largest absolute Gasteiger partial charge is 0.422 e. The second-order valence-corrected chi connectivity index (χ2v) is 8.33. The van der Waals surface area contributed by atoms with Gasteiger partial charge in [0.15, 0.2) is 5.11 Å². The Morgan fingerprint density at radius 3 is 2.45 bits per heavy atom. The number of carbonyl (C=O) groups is 1. The highest BCUT2D eigenvalue weighted by Gasteiger charge is 2.13. The molecule has 0 saturated carbocycles. The van der Waals surface area contributed by atoms with E-state index in [4.69, 9.17) is 28.2 Å². The summed E-state index contributed by atoms with van der Waals surface area (Å²) >= 11 is 15.0. The van der Waals surface area contributed by atoms with Crippen LogP contribution >= 0.6 is 39.7 Å². The maximum Gasteiger partial charge on any atom is 0.344 e. The summed E-state index contributed by atoms with van der Waals surface area (Å²) in [5.74, 6) is -0.332. The zero-order chi connectivity index (χ0) is 22.0. The molecule has 0 unspecified atom stereocenters. The van der Waals surface area contributed by atoms with Crippen molar-refractivity contribution in [2.45, 2.75) is 0 Å². The van der Waals surface area contributed by atoms with E-state index in [9.17, 15) is 9.59 Å².